The van der Waals surface area contributed by atoms with E-state index in [1.54, 1.807) is 0 Å². The molecule has 0 saturated carbocycles. The number of aromatic nitrogens is 5. The first-order chi connectivity index (χ1) is 29.3. The van der Waals surface area contributed by atoms with E-state index in [-0.39, 0.29) is 0 Å². The van der Waals surface area contributed by atoms with E-state index in [0.717, 1.165) is 66.5 Å². The van der Waals surface area contributed by atoms with E-state index in [1.165, 1.54) is 43.2 Å². The number of rotatable bonds is 4. The summed E-state index contributed by atoms with van der Waals surface area (Å²) < 4.78 is 7.05. The maximum Gasteiger partial charge on any atom is 0.235 e. The van der Waals surface area contributed by atoms with Gasteiger partial charge in [0.1, 0.15) is 11.2 Å². The molecule has 5 heteroatoms. The zero-order valence-electron chi connectivity index (χ0n) is 31.8. The standard InChI is InChI=1S/C54H33N5/c1-3-17-36(18-4-1)51-53-52(50-40-22-10-9-16-35(40)28-30-47(50)58(53)38-20-5-2-6-21-38)56-54(55-51)59-44-26-14-12-24-42(44)49-46(59)32-31-45-48(49)41-23-11-13-25-43(41)57(45)39-29-27-34-15-7-8-19-37(34)33-39/h1-33H. The van der Waals surface area contributed by atoms with Gasteiger partial charge in [-0.05, 0) is 76.1 Å². The number of fused-ring (bicyclic) bond motifs is 13. The minimum absolute atomic E-state index is 0.639. The van der Waals surface area contributed by atoms with E-state index in [4.69, 9.17) is 9.97 Å². The Balaban J connectivity index is 1.18. The molecule has 274 valence electrons. The first kappa shape index (κ1) is 32.1. The molecule has 5 nitrogen and oxygen atoms in total. The van der Waals surface area contributed by atoms with Crippen molar-refractivity contribution >= 4 is 87.1 Å². The molecule has 9 aromatic carbocycles. The van der Waals surface area contributed by atoms with E-state index in [1.807, 2.05) is 0 Å². The molecule has 0 fully saturated rings. The molecule has 4 aromatic heterocycles. The predicted molar refractivity (Wildman–Crippen MR) is 245 cm³/mol. The summed E-state index contributed by atoms with van der Waals surface area (Å²) in [5, 5.41) is 10.7. The second-order valence-corrected chi connectivity index (χ2v) is 15.4. The molecule has 59 heavy (non-hydrogen) atoms. The van der Waals surface area contributed by atoms with Crippen molar-refractivity contribution in [3.63, 3.8) is 0 Å². The lowest BCUT2D eigenvalue weighted by atomic mass is 10.1. The Morgan fingerprint density at radius 1 is 0.322 bits per heavy atom. The monoisotopic (exact) mass is 751 g/mol. The lowest BCUT2D eigenvalue weighted by molar-refractivity contribution is 1.01. The lowest BCUT2D eigenvalue weighted by Crippen LogP contribution is -2.05. The van der Waals surface area contributed by atoms with E-state index in [2.05, 4.69) is 214 Å². The molecule has 0 atom stereocenters. The van der Waals surface area contributed by atoms with Crippen molar-refractivity contribution in [1.82, 2.24) is 23.7 Å². The van der Waals surface area contributed by atoms with Crippen LogP contribution >= 0.6 is 0 Å². The van der Waals surface area contributed by atoms with Crippen LogP contribution in [-0.4, -0.2) is 23.7 Å². The van der Waals surface area contributed by atoms with E-state index in [0.29, 0.717) is 5.95 Å². The molecule has 0 saturated heterocycles. The fraction of sp³-hybridized carbons (Fsp3) is 0. The predicted octanol–water partition coefficient (Wildman–Crippen LogP) is 13.7. The van der Waals surface area contributed by atoms with Gasteiger partial charge < -0.3 is 9.13 Å². The average Bonchev–Trinajstić information content (AvgIpc) is 3.95. The summed E-state index contributed by atoms with van der Waals surface area (Å²) in [6, 6.07) is 71.7. The van der Waals surface area contributed by atoms with Gasteiger partial charge in [-0.25, -0.2) is 9.97 Å². The molecule has 4 heterocycles. The molecular formula is C54H33N5. The lowest BCUT2D eigenvalue weighted by Gasteiger charge is -2.13. The molecule has 0 aliphatic rings. The number of hydrogen-bond acceptors (Lipinski definition) is 2. The largest absolute Gasteiger partial charge is 0.309 e. The molecule has 0 radical (unpaired) electrons. The van der Waals surface area contributed by atoms with Gasteiger partial charge in [0.2, 0.25) is 5.95 Å². The molecule has 0 aliphatic heterocycles. The Kier molecular flexibility index (Phi) is 6.66. The van der Waals surface area contributed by atoms with Gasteiger partial charge in [-0.1, -0.05) is 146 Å². The zero-order chi connectivity index (χ0) is 38.6. The number of hydrogen-bond donors (Lipinski definition) is 0. The van der Waals surface area contributed by atoms with Crippen LogP contribution < -0.4 is 0 Å². The van der Waals surface area contributed by atoms with Crippen LogP contribution in [0.4, 0.5) is 0 Å². The van der Waals surface area contributed by atoms with Crippen LogP contribution in [0, 0.1) is 0 Å². The van der Waals surface area contributed by atoms with Gasteiger partial charge in [0.25, 0.3) is 0 Å². The molecule has 0 amide bonds. The minimum Gasteiger partial charge on any atom is -0.309 e. The van der Waals surface area contributed by atoms with Gasteiger partial charge in [-0.3, -0.25) is 4.57 Å². The first-order valence-electron chi connectivity index (χ1n) is 20.1. The highest BCUT2D eigenvalue weighted by atomic mass is 15.2. The van der Waals surface area contributed by atoms with Crippen LogP contribution in [0.2, 0.25) is 0 Å². The van der Waals surface area contributed by atoms with Crippen molar-refractivity contribution in [1.29, 1.82) is 0 Å². The normalized spacial score (nSPS) is 12.1. The summed E-state index contributed by atoms with van der Waals surface area (Å²) in [7, 11) is 0. The van der Waals surface area contributed by atoms with Crippen molar-refractivity contribution < 1.29 is 0 Å². The zero-order valence-corrected chi connectivity index (χ0v) is 31.8. The fourth-order valence-corrected chi connectivity index (χ4v) is 9.72. The topological polar surface area (TPSA) is 40.6 Å². The summed E-state index contributed by atoms with van der Waals surface area (Å²) in [4.78, 5) is 11.3. The van der Waals surface area contributed by atoms with Gasteiger partial charge in [0.05, 0.1) is 33.1 Å². The highest BCUT2D eigenvalue weighted by molar-refractivity contribution is 6.29. The molecule has 13 aromatic rings. The summed E-state index contributed by atoms with van der Waals surface area (Å²) in [6.07, 6.45) is 0. The van der Waals surface area contributed by atoms with E-state index >= 15 is 0 Å². The van der Waals surface area contributed by atoms with Crippen LogP contribution in [0.5, 0.6) is 0 Å². The molecule has 0 spiro atoms. The van der Waals surface area contributed by atoms with Gasteiger partial charge in [0.15, 0.2) is 0 Å². The van der Waals surface area contributed by atoms with E-state index < -0.39 is 0 Å². The van der Waals surface area contributed by atoms with Crippen molar-refractivity contribution in [2.24, 2.45) is 0 Å². The SMILES string of the molecule is c1ccc(-c2nc(-n3c4ccccc4c4c5c6ccccc6n(-c6ccc7ccccc7c6)c5ccc43)nc3c4c5ccccc5ccc4n(-c4ccccc4)c23)cc1. The Morgan fingerprint density at radius 2 is 0.864 bits per heavy atom. The van der Waals surface area contributed by atoms with Crippen LogP contribution in [0.3, 0.4) is 0 Å². The second-order valence-electron chi connectivity index (χ2n) is 15.4. The molecule has 0 bridgehead atoms. The number of nitrogens with zero attached hydrogens (tertiary/aromatic N) is 5. The summed E-state index contributed by atoms with van der Waals surface area (Å²) in [5.74, 6) is 0.639. The van der Waals surface area contributed by atoms with Crippen molar-refractivity contribution in [3.05, 3.63) is 200 Å². The highest BCUT2D eigenvalue weighted by Gasteiger charge is 2.26. The van der Waals surface area contributed by atoms with Gasteiger partial charge in [-0.15, -0.1) is 0 Å². The third-order valence-electron chi connectivity index (χ3n) is 12.2. The number of para-hydroxylation sites is 3. The van der Waals surface area contributed by atoms with Crippen LogP contribution in [0.25, 0.3) is 116 Å². The summed E-state index contributed by atoms with van der Waals surface area (Å²) in [6.45, 7) is 0. The van der Waals surface area contributed by atoms with Crippen LogP contribution in [0.15, 0.2) is 200 Å². The highest BCUT2D eigenvalue weighted by Crippen LogP contribution is 2.44. The van der Waals surface area contributed by atoms with Gasteiger partial charge >= 0.3 is 0 Å². The molecule has 13 rings (SSSR count). The number of benzene rings is 9. The Hall–Kier alpha value is -8.02. The second kappa shape index (κ2) is 12.2. The summed E-state index contributed by atoms with van der Waals surface area (Å²) >= 11 is 0. The maximum absolute atomic E-state index is 5.68. The van der Waals surface area contributed by atoms with Gasteiger partial charge in [-0.2, -0.15) is 0 Å². The third kappa shape index (κ3) is 4.55. The maximum atomic E-state index is 5.68. The minimum atomic E-state index is 0.639. The Morgan fingerprint density at radius 3 is 1.61 bits per heavy atom. The quantitative estimate of drug-likeness (QED) is 0.180. The van der Waals surface area contributed by atoms with E-state index in [9.17, 15) is 0 Å². The van der Waals surface area contributed by atoms with Crippen molar-refractivity contribution in [3.8, 4) is 28.6 Å². The molecule has 0 aliphatic carbocycles. The molecular weight excluding hydrogens is 719 g/mol. The smallest absolute Gasteiger partial charge is 0.235 e. The Bertz CT molecular complexity index is 3830. The van der Waals surface area contributed by atoms with Crippen LogP contribution in [-0.2, 0) is 0 Å². The first-order valence-corrected chi connectivity index (χ1v) is 20.1. The third-order valence-corrected chi connectivity index (χ3v) is 12.2. The molecule has 0 unspecified atom stereocenters. The molecule has 0 N–H and O–H groups in total. The fourth-order valence-electron chi connectivity index (χ4n) is 9.72. The average molecular weight is 752 g/mol. The Labute approximate surface area is 338 Å². The summed E-state index contributed by atoms with van der Waals surface area (Å²) in [5.41, 5.74) is 11.6. The van der Waals surface area contributed by atoms with Gasteiger partial charge in [0, 0.05) is 43.9 Å². The van der Waals surface area contributed by atoms with Crippen molar-refractivity contribution in [2.75, 3.05) is 0 Å². The van der Waals surface area contributed by atoms with Crippen LogP contribution in [0.1, 0.15) is 0 Å². The van der Waals surface area contributed by atoms with Crippen molar-refractivity contribution in [2.45, 2.75) is 0 Å².